The Morgan fingerprint density at radius 3 is 2.75 bits per heavy atom. The number of rotatable bonds is 2. The van der Waals surface area contributed by atoms with E-state index in [1.807, 2.05) is 18.2 Å². The van der Waals surface area contributed by atoms with E-state index in [2.05, 4.69) is 32.0 Å². The molecule has 1 atom stereocenters. The topological polar surface area (TPSA) is 41.3 Å². The third-order valence-corrected chi connectivity index (χ3v) is 3.72. The van der Waals surface area contributed by atoms with E-state index in [0.717, 1.165) is 42.2 Å². The maximum atomic E-state index is 5.92. The van der Waals surface area contributed by atoms with Gasteiger partial charge in [0, 0.05) is 24.0 Å². The summed E-state index contributed by atoms with van der Waals surface area (Å²) in [4.78, 5) is 0.945. The first-order valence-electron chi connectivity index (χ1n) is 5.50. The van der Waals surface area contributed by atoms with Crippen LogP contribution in [0.3, 0.4) is 0 Å². The quantitative estimate of drug-likeness (QED) is 0.431. The van der Waals surface area contributed by atoms with Crippen molar-refractivity contribution in [1.29, 1.82) is 0 Å². The Labute approximate surface area is 104 Å². The van der Waals surface area contributed by atoms with Gasteiger partial charge in [-0.25, -0.2) is 0 Å². The van der Waals surface area contributed by atoms with E-state index >= 15 is 0 Å². The molecule has 2 rings (SSSR count). The van der Waals surface area contributed by atoms with Crippen molar-refractivity contribution in [3.63, 3.8) is 0 Å². The molecular formula is C11H18N3PS. The summed E-state index contributed by atoms with van der Waals surface area (Å²) < 4.78 is 2.27. The highest BCUT2D eigenvalue weighted by Crippen LogP contribution is 2.25. The van der Waals surface area contributed by atoms with Crippen LogP contribution in [0, 0.1) is 0 Å². The molecule has 88 valence electrons. The minimum atomic E-state index is 0.522. The van der Waals surface area contributed by atoms with E-state index in [0.29, 0.717) is 6.04 Å². The molecule has 3 nitrogen and oxygen atoms in total. The van der Waals surface area contributed by atoms with Crippen molar-refractivity contribution < 1.29 is 0 Å². The lowest BCUT2D eigenvalue weighted by molar-refractivity contribution is 0.357. The van der Waals surface area contributed by atoms with Crippen molar-refractivity contribution in [1.82, 2.24) is 4.67 Å². The standard InChI is InChI=1S/C11H18N3PS/c12-10-2-1-9(16)7-11(10)13-8-3-5-14(15)6-4-8/h1-2,7-8,13,16H,3-6,12,15H2. The third kappa shape index (κ3) is 3.03. The Morgan fingerprint density at radius 1 is 1.38 bits per heavy atom. The molecule has 3 N–H and O–H groups in total. The molecule has 1 aromatic carbocycles. The first kappa shape index (κ1) is 12.0. The van der Waals surface area contributed by atoms with Gasteiger partial charge in [0.1, 0.15) is 0 Å². The molecule has 0 aliphatic carbocycles. The van der Waals surface area contributed by atoms with E-state index in [1.165, 1.54) is 0 Å². The fraction of sp³-hybridized carbons (Fsp3) is 0.455. The predicted octanol–water partition coefficient (Wildman–Crippen LogP) is 2.22. The maximum absolute atomic E-state index is 5.92. The SMILES string of the molecule is Nc1ccc(S)cc1NC1CCN(P)CC1. The Hall–Kier alpha value is -0.440. The molecule has 1 fully saturated rings. The predicted molar refractivity (Wildman–Crippen MR) is 76.0 cm³/mol. The summed E-state index contributed by atoms with van der Waals surface area (Å²) in [6, 6.07) is 6.32. The van der Waals surface area contributed by atoms with E-state index < -0.39 is 0 Å². The molecule has 1 heterocycles. The Morgan fingerprint density at radius 2 is 2.06 bits per heavy atom. The smallest absolute Gasteiger partial charge is 0.0587 e. The Balaban J connectivity index is 2.00. The second-order valence-electron chi connectivity index (χ2n) is 4.23. The minimum absolute atomic E-state index is 0.522. The lowest BCUT2D eigenvalue weighted by Gasteiger charge is -2.30. The first-order chi connectivity index (χ1) is 7.65. The molecule has 1 aliphatic heterocycles. The lowest BCUT2D eigenvalue weighted by Crippen LogP contribution is -2.34. The van der Waals surface area contributed by atoms with Crippen molar-refractivity contribution >= 4 is 33.4 Å². The van der Waals surface area contributed by atoms with Crippen LogP contribution in [-0.4, -0.2) is 23.8 Å². The zero-order valence-corrected chi connectivity index (χ0v) is 11.2. The van der Waals surface area contributed by atoms with Gasteiger partial charge in [0.2, 0.25) is 0 Å². The molecule has 1 aliphatic rings. The molecule has 0 amide bonds. The Bertz CT molecular complexity index is 364. The highest BCUT2D eigenvalue weighted by atomic mass is 32.1. The second kappa shape index (κ2) is 5.26. The van der Waals surface area contributed by atoms with Gasteiger partial charge in [0.15, 0.2) is 0 Å². The van der Waals surface area contributed by atoms with Gasteiger partial charge in [-0.2, -0.15) is 0 Å². The number of benzene rings is 1. The highest BCUT2D eigenvalue weighted by Gasteiger charge is 2.17. The highest BCUT2D eigenvalue weighted by molar-refractivity contribution is 7.80. The number of hydrogen-bond donors (Lipinski definition) is 3. The number of thiol groups is 1. The van der Waals surface area contributed by atoms with Crippen LogP contribution in [0.4, 0.5) is 11.4 Å². The van der Waals surface area contributed by atoms with Crippen molar-refractivity contribution in [2.24, 2.45) is 0 Å². The molecule has 16 heavy (non-hydrogen) atoms. The van der Waals surface area contributed by atoms with E-state index in [4.69, 9.17) is 5.73 Å². The molecule has 1 unspecified atom stereocenters. The number of piperidine rings is 1. The van der Waals surface area contributed by atoms with Gasteiger partial charge < -0.3 is 11.1 Å². The molecule has 0 saturated carbocycles. The molecule has 1 saturated heterocycles. The van der Waals surface area contributed by atoms with Crippen LogP contribution in [0.2, 0.25) is 0 Å². The molecule has 0 aromatic heterocycles. The number of nitrogens with one attached hydrogen (secondary N) is 1. The summed E-state index contributed by atoms with van der Waals surface area (Å²) in [5.41, 5.74) is 7.73. The van der Waals surface area contributed by atoms with Gasteiger partial charge in [0.25, 0.3) is 0 Å². The van der Waals surface area contributed by atoms with Gasteiger partial charge in [-0.05, 0) is 31.0 Å². The number of nitrogen functional groups attached to an aromatic ring is 1. The van der Waals surface area contributed by atoms with Crippen LogP contribution in [0.15, 0.2) is 23.1 Å². The summed E-state index contributed by atoms with van der Waals surface area (Å²) in [5.74, 6) is 0. The lowest BCUT2D eigenvalue weighted by atomic mass is 10.1. The fourth-order valence-electron chi connectivity index (χ4n) is 1.93. The van der Waals surface area contributed by atoms with Gasteiger partial charge >= 0.3 is 0 Å². The van der Waals surface area contributed by atoms with Gasteiger partial charge in [-0.15, -0.1) is 12.6 Å². The second-order valence-corrected chi connectivity index (χ2v) is 5.47. The molecule has 0 spiro atoms. The van der Waals surface area contributed by atoms with Crippen molar-refractivity contribution in [3.05, 3.63) is 18.2 Å². The summed E-state index contributed by atoms with van der Waals surface area (Å²) in [6.07, 6.45) is 2.31. The molecule has 0 bridgehead atoms. The maximum Gasteiger partial charge on any atom is 0.0587 e. The number of hydrogen-bond acceptors (Lipinski definition) is 4. The zero-order valence-electron chi connectivity index (χ0n) is 9.19. The molecule has 5 heteroatoms. The van der Waals surface area contributed by atoms with Crippen molar-refractivity contribution in [2.45, 2.75) is 23.8 Å². The van der Waals surface area contributed by atoms with Crippen molar-refractivity contribution in [3.8, 4) is 0 Å². The van der Waals surface area contributed by atoms with E-state index in [9.17, 15) is 0 Å². The average molecular weight is 255 g/mol. The van der Waals surface area contributed by atoms with Crippen LogP contribution < -0.4 is 11.1 Å². The molecule has 1 aromatic rings. The monoisotopic (exact) mass is 255 g/mol. The zero-order chi connectivity index (χ0) is 11.5. The minimum Gasteiger partial charge on any atom is -0.397 e. The molecular weight excluding hydrogens is 237 g/mol. The Kier molecular flexibility index (Phi) is 3.95. The van der Waals surface area contributed by atoms with Crippen LogP contribution in [-0.2, 0) is 0 Å². The van der Waals surface area contributed by atoms with E-state index in [-0.39, 0.29) is 0 Å². The first-order valence-corrected chi connectivity index (χ1v) is 6.46. The fourth-order valence-corrected chi connectivity index (χ4v) is 2.43. The van der Waals surface area contributed by atoms with Crippen molar-refractivity contribution in [2.75, 3.05) is 24.1 Å². The van der Waals surface area contributed by atoms with Crippen LogP contribution in [0.25, 0.3) is 0 Å². The summed E-state index contributed by atoms with van der Waals surface area (Å²) in [7, 11) is 2.76. The number of nitrogens with two attached hydrogens (primary N) is 1. The van der Waals surface area contributed by atoms with Crippen LogP contribution >= 0.6 is 22.0 Å². The molecule has 0 radical (unpaired) electrons. The van der Waals surface area contributed by atoms with Crippen LogP contribution in [0.5, 0.6) is 0 Å². The third-order valence-electron chi connectivity index (χ3n) is 2.93. The average Bonchev–Trinajstić information content (AvgIpc) is 2.27. The normalized spacial score (nSPS) is 18.6. The van der Waals surface area contributed by atoms with Crippen LogP contribution in [0.1, 0.15) is 12.8 Å². The number of anilines is 2. The summed E-state index contributed by atoms with van der Waals surface area (Å²) in [6.45, 7) is 2.23. The number of nitrogens with zero attached hydrogens (tertiary/aromatic N) is 1. The van der Waals surface area contributed by atoms with Gasteiger partial charge in [0.05, 0.1) is 11.4 Å². The summed E-state index contributed by atoms with van der Waals surface area (Å²) >= 11 is 4.33. The van der Waals surface area contributed by atoms with Gasteiger partial charge in [-0.1, -0.05) is 9.39 Å². The summed E-state index contributed by atoms with van der Waals surface area (Å²) in [5, 5.41) is 3.50. The van der Waals surface area contributed by atoms with E-state index in [1.54, 1.807) is 0 Å². The largest absolute Gasteiger partial charge is 0.397 e. The van der Waals surface area contributed by atoms with Gasteiger partial charge in [-0.3, -0.25) is 4.67 Å².